The van der Waals surface area contributed by atoms with Crippen molar-refractivity contribution in [1.29, 1.82) is 0 Å². The van der Waals surface area contributed by atoms with E-state index < -0.39 is 22.0 Å². The summed E-state index contributed by atoms with van der Waals surface area (Å²) in [5, 5.41) is 2.74. The number of halogens is 1. The van der Waals surface area contributed by atoms with Gasteiger partial charge in [0, 0.05) is 12.6 Å². The highest BCUT2D eigenvalue weighted by molar-refractivity contribution is 7.98. The van der Waals surface area contributed by atoms with Gasteiger partial charge >= 0.3 is 0 Å². The predicted molar refractivity (Wildman–Crippen MR) is 118 cm³/mol. The van der Waals surface area contributed by atoms with E-state index in [0.29, 0.717) is 43.3 Å². The van der Waals surface area contributed by atoms with Gasteiger partial charge in [0.05, 0.1) is 4.90 Å². The topological polar surface area (TPSA) is 93.7 Å². The number of carbonyl (C=O) groups excluding carboxylic acids is 1. The first-order chi connectivity index (χ1) is 14.9. The molecule has 2 aromatic rings. The Balaban J connectivity index is 1.65. The molecule has 1 aliphatic rings. The van der Waals surface area contributed by atoms with Crippen LogP contribution in [0, 0.1) is 5.82 Å². The lowest BCUT2D eigenvalue weighted by atomic mass is 10.1. The van der Waals surface area contributed by atoms with Crippen molar-refractivity contribution in [3.05, 3.63) is 53.8 Å². The molecule has 0 bridgehead atoms. The Hall–Kier alpha value is -2.30. The van der Waals surface area contributed by atoms with E-state index in [0.717, 1.165) is 5.56 Å². The van der Waals surface area contributed by atoms with Crippen LogP contribution >= 0.6 is 11.8 Å². The third kappa shape index (κ3) is 6.59. The lowest BCUT2D eigenvalue weighted by Crippen LogP contribution is -2.47. The molecule has 0 saturated heterocycles. The number of carbonyl (C=O) groups is 1. The minimum atomic E-state index is -3.96. The molecule has 0 fully saturated rings. The smallest absolute Gasteiger partial charge is 0.241 e. The number of hydrogen-bond acceptors (Lipinski definition) is 6. The zero-order valence-corrected chi connectivity index (χ0v) is 18.7. The summed E-state index contributed by atoms with van der Waals surface area (Å²) in [6.07, 6.45) is 2.65. The molecule has 1 amide bonds. The first-order valence-corrected chi connectivity index (χ1v) is 12.7. The van der Waals surface area contributed by atoms with Gasteiger partial charge in [-0.05, 0) is 54.7 Å². The predicted octanol–water partition coefficient (Wildman–Crippen LogP) is 2.36. The van der Waals surface area contributed by atoms with Gasteiger partial charge in [-0.2, -0.15) is 16.5 Å². The minimum absolute atomic E-state index is 0.00142. The second-order valence-corrected chi connectivity index (χ2v) is 9.63. The number of fused-ring (bicyclic) bond motifs is 1. The molecule has 0 radical (unpaired) electrons. The summed E-state index contributed by atoms with van der Waals surface area (Å²) in [6, 6.07) is 9.56. The van der Waals surface area contributed by atoms with E-state index in [2.05, 4.69) is 10.0 Å². The second kappa shape index (κ2) is 10.8. The Morgan fingerprint density at radius 1 is 1.16 bits per heavy atom. The van der Waals surface area contributed by atoms with Crippen molar-refractivity contribution in [3.8, 4) is 11.5 Å². The van der Waals surface area contributed by atoms with Crippen molar-refractivity contribution >= 4 is 27.7 Å². The molecule has 3 rings (SSSR count). The van der Waals surface area contributed by atoms with Crippen molar-refractivity contribution in [2.24, 2.45) is 0 Å². The summed E-state index contributed by atoms with van der Waals surface area (Å²) in [6.45, 7) is 1.02. The normalized spacial score (nSPS) is 14.1. The number of ether oxygens (including phenoxy) is 2. The zero-order valence-electron chi connectivity index (χ0n) is 17.1. The molecule has 0 aliphatic carbocycles. The van der Waals surface area contributed by atoms with Crippen molar-refractivity contribution in [3.63, 3.8) is 0 Å². The molecule has 2 N–H and O–H groups in total. The largest absolute Gasteiger partial charge is 0.486 e. The van der Waals surface area contributed by atoms with Gasteiger partial charge in [0.25, 0.3) is 0 Å². The van der Waals surface area contributed by atoms with Gasteiger partial charge < -0.3 is 14.8 Å². The quantitative estimate of drug-likeness (QED) is 0.556. The summed E-state index contributed by atoms with van der Waals surface area (Å²) in [7, 11) is -3.96. The van der Waals surface area contributed by atoms with Gasteiger partial charge in [-0.1, -0.05) is 12.1 Å². The molecule has 10 heteroatoms. The van der Waals surface area contributed by atoms with E-state index in [1.54, 1.807) is 18.2 Å². The summed E-state index contributed by atoms with van der Waals surface area (Å²) < 4.78 is 52.4. The van der Waals surface area contributed by atoms with E-state index in [4.69, 9.17) is 9.47 Å². The number of rotatable bonds is 10. The highest BCUT2D eigenvalue weighted by Gasteiger charge is 2.26. The molecule has 0 spiro atoms. The van der Waals surface area contributed by atoms with Crippen molar-refractivity contribution in [1.82, 2.24) is 10.0 Å². The summed E-state index contributed by atoms with van der Waals surface area (Å²) in [4.78, 5) is 12.7. The monoisotopic (exact) mass is 468 g/mol. The molecular formula is C21H25FN2O5S2. The van der Waals surface area contributed by atoms with E-state index >= 15 is 0 Å². The Morgan fingerprint density at radius 3 is 2.68 bits per heavy atom. The molecule has 1 aliphatic heterocycles. The fourth-order valence-electron chi connectivity index (χ4n) is 3.07. The summed E-state index contributed by atoms with van der Waals surface area (Å²) in [5.41, 5.74) is 0.748. The lowest BCUT2D eigenvalue weighted by molar-refractivity contribution is -0.122. The maximum atomic E-state index is 13.3. The Kier molecular flexibility index (Phi) is 8.16. The average molecular weight is 469 g/mol. The van der Waals surface area contributed by atoms with E-state index in [1.165, 1.54) is 36.0 Å². The molecule has 1 heterocycles. The SMILES string of the molecule is CSCCC(NS(=O)(=O)c1ccc2c(c1)OCCO2)C(=O)NCCc1cccc(F)c1. The number of sulfonamides is 1. The third-order valence-corrected chi connectivity index (χ3v) is 6.76. The Bertz CT molecular complexity index is 1020. The minimum Gasteiger partial charge on any atom is -0.486 e. The van der Waals surface area contributed by atoms with E-state index in [-0.39, 0.29) is 17.3 Å². The van der Waals surface area contributed by atoms with Crippen LogP contribution in [0.1, 0.15) is 12.0 Å². The van der Waals surface area contributed by atoms with Crippen LogP contribution in [-0.2, 0) is 21.2 Å². The third-order valence-electron chi connectivity index (χ3n) is 4.65. The number of hydrogen-bond donors (Lipinski definition) is 2. The van der Waals surface area contributed by atoms with Crippen LogP contribution in [0.15, 0.2) is 47.4 Å². The molecular weight excluding hydrogens is 443 g/mol. The number of amides is 1. The lowest BCUT2D eigenvalue weighted by Gasteiger charge is -2.21. The number of nitrogens with one attached hydrogen (secondary N) is 2. The first kappa shape index (κ1) is 23.4. The fourth-order valence-corrected chi connectivity index (χ4v) is 4.79. The maximum absolute atomic E-state index is 13.3. The van der Waals surface area contributed by atoms with Gasteiger partial charge in [0.15, 0.2) is 11.5 Å². The highest BCUT2D eigenvalue weighted by Crippen LogP contribution is 2.32. The summed E-state index contributed by atoms with van der Waals surface area (Å²) in [5.74, 6) is 0.681. The molecule has 0 aromatic heterocycles. The van der Waals surface area contributed by atoms with Crippen LogP contribution < -0.4 is 19.5 Å². The number of thioether (sulfide) groups is 1. The van der Waals surface area contributed by atoms with Gasteiger partial charge in [-0.3, -0.25) is 4.79 Å². The molecule has 31 heavy (non-hydrogen) atoms. The van der Waals surface area contributed by atoms with Gasteiger partial charge in [0.2, 0.25) is 15.9 Å². The zero-order chi connectivity index (χ0) is 22.3. The average Bonchev–Trinajstić information content (AvgIpc) is 2.76. The molecule has 1 atom stereocenters. The van der Waals surface area contributed by atoms with Crippen LogP contribution in [-0.4, -0.2) is 52.1 Å². The molecule has 168 valence electrons. The molecule has 1 unspecified atom stereocenters. The molecule has 2 aromatic carbocycles. The first-order valence-electron chi connectivity index (χ1n) is 9.82. The van der Waals surface area contributed by atoms with Crippen LogP contribution in [0.5, 0.6) is 11.5 Å². The maximum Gasteiger partial charge on any atom is 0.241 e. The number of benzene rings is 2. The standard InChI is InChI=1S/C21H25FN2O5S2/c1-30-12-8-18(21(25)23-9-7-15-3-2-4-16(22)13-15)24-31(26,27)17-5-6-19-20(14-17)29-11-10-28-19/h2-6,13-14,18,24H,7-12H2,1H3,(H,23,25). The van der Waals surface area contributed by atoms with Crippen LogP contribution in [0.4, 0.5) is 4.39 Å². The van der Waals surface area contributed by atoms with Crippen molar-refractivity contribution in [2.45, 2.75) is 23.8 Å². The van der Waals surface area contributed by atoms with Gasteiger partial charge in [0.1, 0.15) is 25.1 Å². The van der Waals surface area contributed by atoms with Crippen molar-refractivity contribution < 1.29 is 27.1 Å². The molecule has 0 saturated carbocycles. The Labute approximate surface area is 185 Å². The van der Waals surface area contributed by atoms with Crippen LogP contribution in [0.3, 0.4) is 0 Å². The molecule has 7 nitrogen and oxygen atoms in total. The summed E-state index contributed by atoms with van der Waals surface area (Å²) >= 11 is 1.52. The highest BCUT2D eigenvalue weighted by atomic mass is 32.2. The van der Waals surface area contributed by atoms with Crippen molar-refractivity contribution in [2.75, 3.05) is 31.8 Å². The van der Waals surface area contributed by atoms with Crippen LogP contribution in [0.2, 0.25) is 0 Å². The Morgan fingerprint density at radius 2 is 1.94 bits per heavy atom. The van der Waals surface area contributed by atoms with Crippen LogP contribution in [0.25, 0.3) is 0 Å². The van der Waals surface area contributed by atoms with Gasteiger partial charge in [-0.25, -0.2) is 12.8 Å². The van der Waals surface area contributed by atoms with E-state index in [1.807, 2.05) is 6.26 Å². The van der Waals surface area contributed by atoms with E-state index in [9.17, 15) is 17.6 Å². The second-order valence-electron chi connectivity index (χ2n) is 6.93. The fraction of sp³-hybridized carbons (Fsp3) is 0.381. The van der Waals surface area contributed by atoms with Gasteiger partial charge in [-0.15, -0.1) is 0 Å².